The molecule has 0 radical (unpaired) electrons. The molecule has 0 bridgehead atoms. The van der Waals surface area contributed by atoms with Gasteiger partial charge in [0, 0.05) is 18.4 Å². The Morgan fingerprint density at radius 2 is 2.10 bits per heavy atom. The van der Waals surface area contributed by atoms with Crippen LogP contribution in [0.25, 0.3) is 0 Å². The zero-order valence-electron chi connectivity index (χ0n) is 16.3. The van der Waals surface area contributed by atoms with Gasteiger partial charge in [-0.3, -0.25) is 4.79 Å². The number of hydrogen-bond acceptors (Lipinski definition) is 7. The molecule has 1 aliphatic heterocycles. The maximum absolute atomic E-state index is 13.2. The highest BCUT2D eigenvalue weighted by atomic mass is 32.2. The van der Waals surface area contributed by atoms with Gasteiger partial charge in [-0.2, -0.15) is 5.10 Å². The van der Waals surface area contributed by atoms with E-state index in [2.05, 4.69) is 19.9 Å². The first-order chi connectivity index (χ1) is 14.8. The van der Waals surface area contributed by atoms with Gasteiger partial charge in [0.1, 0.15) is 17.6 Å². The van der Waals surface area contributed by atoms with Gasteiger partial charge in [0.2, 0.25) is 0 Å². The van der Waals surface area contributed by atoms with Crippen LogP contribution in [-0.2, 0) is 4.79 Å². The summed E-state index contributed by atoms with van der Waals surface area (Å²) in [5.41, 5.74) is 0.932. The normalized spacial score (nSPS) is 21.3. The first-order valence-corrected chi connectivity index (χ1v) is 12.2. The van der Waals surface area contributed by atoms with E-state index in [1.54, 1.807) is 22.6 Å². The molecule has 1 unspecified atom stereocenters. The van der Waals surface area contributed by atoms with Gasteiger partial charge in [-0.05, 0) is 49.3 Å². The van der Waals surface area contributed by atoms with E-state index in [4.69, 9.17) is 4.42 Å². The first kappa shape index (κ1) is 18.4. The zero-order chi connectivity index (χ0) is 20.1. The van der Waals surface area contributed by atoms with Gasteiger partial charge in [-0.25, -0.2) is 5.01 Å². The molecule has 1 atom stereocenters. The molecule has 154 valence electrons. The Hall–Kier alpha value is -2.39. The summed E-state index contributed by atoms with van der Waals surface area (Å²) < 4.78 is 7.91. The van der Waals surface area contributed by atoms with Crippen molar-refractivity contribution in [3.8, 4) is 0 Å². The fraction of sp³-hybridized carbons (Fsp3) is 0.429. The highest BCUT2D eigenvalue weighted by molar-refractivity contribution is 7.99. The third-order valence-corrected chi connectivity index (χ3v) is 7.56. The number of aromatic nitrogens is 3. The molecule has 0 saturated heterocycles. The highest BCUT2D eigenvalue weighted by Crippen LogP contribution is 2.46. The Labute approximate surface area is 182 Å². The van der Waals surface area contributed by atoms with E-state index in [0.717, 1.165) is 27.3 Å². The van der Waals surface area contributed by atoms with E-state index in [-0.39, 0.29) is 17.7 Å². The average molecular weight is 440 g/mol. The standard InChI is InChI=1S/C21H21N5O2S2/c27-19(12-30-21-23-22-20(13-5-6-13)25(21)14-7-8-14)26-16(17-3-1-9-28-17)11-15(24-26)18-4-2-10-29-18/h1-4,9-10,13-14,16H,5-8,11-12H2. The molecule has 3 aliphatic rings. The van der Waals surface area contributed by atoms with E-state index in [1.165, 1.54) is 37.4 Å². The van der Waals surface area contributed by atoms with Gasteiger partial charge in [-0.15, -0.1) is 21.5 Å². The Bertz CT molecular complexity index is 1080. The molecule has 0 N–H and O–H groups in total. The van der Waals surface area contributed by atoms with Crippen LogP contribution in [0.1, 0.15) is 66.6 Å². The zero-order valence-corrected chi connectivity index (χ0v) is 17.9. The molecule has 30 heavy (non-hydrogen) atoms. The van der Waals surface area contributed by atoms with Gasteiger partial charge < -0.3 is 8.98 Å². The molecule has 0 aromatic carbocycles. The molecule has 0 spiro atoms. The summed E-state index contributed by atoms with van der Waals surface area (Å²) in [6.45, 7) is 0. The van der Waals surface area contributed by atoms with Crippen molar-refractivity contribution in [2.75, 3.05) is 5.75 Å². The van der Waals surface area contributed by atoms with Crippen LogP contribution < -0.4 is 0 Å². The van der Waals surface area contributed by atoms with Crippen molar-refractivity contribution < 1.29 is 9.21 Å². The second-order valence-electron chi connectivity index (χ2n) is 8.00. The van der Waals surface area contributed by atoms with E-state index < -0.39 is 0 Å². The summed E-state index contributed by atoms with van der Waals surface area (Å²) in [5, 5.41) is 18.0. The summed E-state index contributed by atoms with van der Waals surface area (Å²) in [4.78, 5) is 14.3. The monoisotopic (exact) mass is 439 g/mol. The summed E-state index contributed by atoms with van der Waals surface area (Å²) in [5.74, 6) is 2.68. The van der Waals surface area contributed by atoms with Crippen LogP contribution in [0.5, 0.6) is 0 Å². The van der Waals surface area contributed by atoms with E-state index in [0.29, 0.717) is 18.4 Å². The number of amides is 1. The smallest absolute Gasteiger partial charge is 0.253 e. The largest absolute Gasteiger partial charge is 0.467 e. The Morgan fingerprint density at radius 3 is 2.80 bits per heavy atom. The highest BCUT2D eigenvalue weighted by Gasteiger charge is 2.38. The molecule has 6 rings (SSSR count). The minimum Gasteiger partial charge on any atom is -0.467 e. The predicted molar refractivity (Wildman–Crippen MR) is 115 cm³/mol. The number of carbonyl (C=O) groups is 1. The summed E-state index contributed by atoms with van der Waals surface area (Å²) in [7, 11) is 0. The Balaban J connectivity index is 1.22. The minimum atomic E-state index is -0.200. The number of furan rings is 1. The van der Waals surface area contributed by atoms with E-state index >= 15 is 0 Å². The van der Waals surface area contributed by atoms with Gasteiger partial charge in [-0.1, -0.05) is 17.8 Å². The van der Waals surface area contributed by atoms with Crippen molar-refractivity contribution >= 4 is 34.7 Å². The SMILES string of the molecule is O=C(CSc1nnc(C2CC2)n1C1CC1)N1N=C(c2cccs2)CC1c1ccco1. The lowest BCUT2D eigenvalue weighted by Gasteiger charge is -2.19. The van der Waals surface area contributed by atoms with Crippen LogP contribution in [0, 0.1) is 0 Å². The minimum absolute atomic E-state index is 0.0359. The lowest BCUT2D eigenvalue weighted by molar-refractivity contribution is -0.130. The molecule has 2 aliphatic carbocycles. The molecule has 2 fully saturated rings. The third kappa shape index (κ3) is 3.39. The lowest BCUT2D eigenvalue weighted by atomic mass is 10.1. The van der Waals surface area contributed by atoms with Gasteiger partial charge >= 0.3 is 0 Å². The fourth-order valence-electron chi connectivity index (χ4n) is 3.91. The molecule has 4 heterocycles. The number of hydrogen-bond donors (Lipinski definition) is 0. The number of hydrazone groups is 1. The van der Waals surface area contributed by atoms with Gasteiger partial charge in [0.25, 0.3) is 5.91 Å². The Kier molecular flexibility index (Phi) is 4.53. The molecule has 3 aromatic rings. The number of rotatable bonds is 7. The van der Waals surface area contributed by atoms with Gasteiger partial charge in [0.05, 0.1) is 22.6 Å². The van der Waals surface area contributed by atoms with Crippen LogP contribution in [0.3, 0.4) is 0 Å². The maximum atomic E-state index is 13.2. The molecule has 7 nitrogen and oxygen atoms in total. The molecule has 1 amide bonds. The van der Waals surface area contributed by atoms with E-state index in [1.807, 2.05) is 29.6 Å². The van der Waals surface area contributed by atoms with E-state index in [9.17, 15) is 4.79 Å². The van der Waals surface area contributed by atoms with Crippen LogP contribution in [0.4, 0.5) is 0 Å². The molecular weight excluding hydrogens is 418 g/mol. The average Bonchev–Trinajstić information content (AvgIpc) is 3.49. The quantitative estimate of drug-likeness (QED) is 0.502. The fourth-order valence-corrected chi connectivity index (χ4v) is 5.50. The number of thioether (sulfide) groups is 1. The van der Waals surface area contributed by atoms with Crippen LogP contribution in [0.15, 0.2) is 50.6 Å². The molecule has 9 heteroatoms. The second-order valence-corrected chi connectivity index (χ2v) is 9.89. The molecule has 3 aromatic heterocycles. The lowest BCUT2D eigenvalue weighted by Crippen LogP contribution is -2.28. The number of nitrogens with zero attached hydrogens (tertiary/aromatic N) is 5. The summed E-state index contributed by atoms with van der Waals surface area (Å²) >= 11 is 3.12. The Morgan fingerprint density at radius 1 is 1.20 bits per heavy atom. The van der Waals surface area contributed by atoms with Crippen molar-refractivity contribution in [2.24, 2.45) is 5.10 Å². The van der Waals surface area contributed by atoms with Crippen molar-refractivity contribution in [1.82, 2.24) is 19.8 Å². The van der Waals surface area contributed by atoms with Crippen molar-refractivity contribution in [2.45, 2.75) is 55.3 Å². The van der Waals surface area contributed by atoms with Crippen molar-refractivity contribution in [1.29, 1.82) is 0 Å². The first-order valence-electron chi connectivity index (χ1n) is 10.3. The topological polar surface area (TPSA) is 76.5 Å². The van der Waals surface area contributed by atoms with Crippen LogP contribution >= 0.6 is 23.1 Å². The third-order valence-electron chi connectivity index (χ3n) is 5.71. The summed E-state index contributed by atoms with van der Waals surface area (Å²) in [6, 6.07) is 8.13. The molecule has 2 saturated carbocycles. The number of carbonyl (C=O) groups excluding carboxylic acids is 1. The predicted octanol–water partition coefficient (Wildman–Crippen LogP) is 4.61. The van der Waals surface area contributed by atoms with Crippen molar-refractivity contribution in [3.05, 3.63) is 52.4 Å². The van der Waals surface area contributed by atoms with Crippen molar-refractivity contribution in [3.63, 3.8) is 0 Å². The maximum Gasteiger partial charge on any atom is 0.253 e. The van der Waals surface area contributed by atoms with Gasteiger partial charge in [0.15, 0.2) is 5.16 Å². The second kappa shape index (κ2) is 7.39. The summed E-state index contributed by atoms with van der Waals surface area (Å²) in [6.07, 6.45) is 7.07. The van der Waals surface area contributed by atoms with Crippen LogP contribution in [0.2, 0.25) is 0 Å². The number of thiophene rings is 1. The molecular formula is C21H21N5O2S2. The van der Waals surface area contributed by atoms with Crippen LogP contribution in [-0.4, -0.2) is 37.1 Å².